The molecule has 0 radical (unpaired) electrons. The Labute approximate surface area is 131 Å². The van der Waals surface area contributed by atoms with Gasteiger partial charge in [0.25, 0.3) is 0 Å². The first-order valence-corrected chi connectivity index (χ1v) is 8.34. The summed E-state index contributed by atoms with van der Waals surface area (Å²) in [5.41, 5.74) is 2.21. The third-order valence-corrected chi connectivity index (χ3v) is 4.59. The molecule has 1 aromatic carbocycles. The minimum Gasteiger partial charge on any atom is -0.356 e. The first-order valence-electron chi connectivity index (χ1n) is 8.34. The number of nitrogens with zero attached hydrogens (tertiary/aromatic N) is 4. The van der Waals surface area contributed by atoms with Crippen molar-refractivity contribution in [3.63, 3.8) is 0 Å². The van der Waals surface area contributed by atoms with Crippen LogP contribution in [0.4, 0.5) is 11.8 Å². The number of rotatable bonds is 3. The molecule has 2 aliphatic heterocycles. The molecule has 114 valence electrons. The van der Waals surface area contributed by atoms with Crippen LogP contribution in [0.1, 0.15) is 25.7 Å². The summed E-state index contributed by atoms with van der Waals surface area (Å²) in [7, 11) is 0. The Bertz CT molecular complexity index is 595. The van der Waals surface area contributed by atoms with Crippen LogP contribution in [0.25, 0.3) is 11.3 Å². The lowest BCUT2D eigenvalue weighted by Gasteiger charge is -2.21. The van der Waals surface area contributed by atoms with E-state index < -0.39 is 0 Å². The number of hydrogen-bond donors (Lipinski definition) is 0. The summed E-state index contributed by atoms with van der Waals surface area (Å²) in [4.78, 5) is 14.4. The quantitative estimate of drug-likeness (QED) is 0.869. The van der Waals surface area contributed by atoms with E-state index in [1.54, 1.807) is 0 Å². The van der Waals surface area contributed by atoms with Crippen LogP contribution in [0, 0.1) is 0 Å². The summed E-state index contributed by atoms with van der Waals surface area (Å²) >= 11 is 0. The van der Waals surface area contributed by atoms with Gasteiger partial charge < -0.3 is 9.80 Å². The van der Waals surface area contributed by atoms with E-state index in [1.165, 1.54) is 31.2 Å². The van der Waals surface area contributed by atoms with Gasteiger partial charge in [0.15, 0.2) is 0 Å². The molecule has 2 aliphatic rings. The summed E-state index contributed by atoms with van der Waals surface area (Å²) in [5.74, 6) is 1.99. The van der Waals surface area contributed by atoms with E-state index in [4.69, 9.17) is 9.97 Å². The maximum Gasteiger partial charge on any atom is 0.227 e. The molecule has 0 atom stereocenters. The molecule has 4 nitrogen and oxygen atoms in total. The van der Waals surface area contributed by atoms with E-state index >= 15 is 0 Å². The van der Waals surface area contributed by atoms with Crippen LogP contribution in [0.2, 0.25) is 0 Å². The van der Waals surface area contributed by atoms with Gasteiger partial charge >= 0.3 is 0 Å². The second-order valence-electron chi connectivity index (χ2n) is 6.17. The monoisotopic (exact) mass is 294 g/mol. The zero-order chi connectivity index (χ0) is 14.8. The summed E-state index contributed by atoms with van der Waals surface area (Å²) in [6.45, 7) is 4.39. The molecule has 2 saturated heterocycles. The van der Waals surface area contributed by atoms with Gasteiger partial charge in [-0.25, -0.2) is 4.98 Å². The summed E-state index contributed by atoms with van der Waals surface area (Å²) in [6, 6.07) is 12.6. The molecular formula is C18H22N4. The minimum atomic E-state index is 0.903. The molecule has 0 bridgehead atoms. The fourth-order valence-electron chi connectivity index (χ4n) is 3.35. The van der Waals surface area contributed by atoms with Crippen LogP contribution < -0.4 is 9.80 Å². The third-order valence-electron chi connectivity index (χ3n) is 4.59. The van der Waals surface area contributed by atoms with Crippen molar-refractivity contribution in [2.45, 2.75) is 25.7 Å². The lowest BCUT2D eigenvalue weighted by atomic mass is 10.1. The second kappa shape index (κ2) is 5.95. The number of anilines is 2. The molecule has 3 heterocycles. The first-order chi connectivity index (χ1) is 10.9. The van der Waals surface area contributed by atoms with Gasteiger partial charge in [-0.1, -0.05) is 30.3 Å². The molecule has 22 heavy (non-hydrogen) atoms. The van der Waals surface area contributed by atoms with E-state index in [1.807, 2.05) is 6.07 Å². The molecule has 0 saturated carbocycles. The Balaban J connectivity index is 1.76. The molecule has 1 aromatic heterocycles. The van der Waals surface area contributed by atoms with Crippen molar-refractivity contribution in [3.8, 4) is 11.3 Å². The largest absolute Gasteiger partial charge is 0.356 e. The van der Waals surface area contributed by atoms with Crippen molar-refractivity contribution in [1.29, 1.82) is 0 Å². The van der Waals surface area contributed by atoms with Crippen molar-refractivity contribution < 1.29 is 0 Å². The van der Waals surface area contributed by atoms with Gasteiger partial charge in [0.2, 0.25) is 5.95 Å². The molecular weight excluding hydrogens is 272 g/mol. The SMILES string of the molecule is c1ccc(-c2cc(N3CCCC3)nc(N3CCCC3)n2)cc1. The predicted octanol–water partition coefficient (Wildman–Crippen LogP) is 3.34. The number of hydrogen-bond acceptors (Lipinski definition) is 4. The van der Waals surface area contributed by atoms with Gasteiger partial charge in [-0.05, 0) is 25.7 Å². The number of aromatic nitrogens is 2. The van der Waals surface area contributed by atoms with Gasteiger partial charge in [0.1, 0.15) is 5.82 Å². The van der Waals surface area contributed by atoms with Gasteiger partial charge in [-0.15, -0.1) is 0 Å². The fraction of sp³-hybridized carbons (Fsp3) is 0.444. The molecule has 0 amide bonds. The maximum absolute atomic E-state index is 4.86. The Hall–Kier alpha value is -2.10. The molecule has 2 aromatic rings. The highest BCUT2D eigenvalue weighted by Gasteiger charge is 2.20. The average molecular weight is 294 g/mol. The lowest BCUT2D eigenvalue weighted by molar-refractivity contribution is 0.873. The molecule has 0 aliphatic carbocycles. The van der Waals surface area contributed by atoms with Gasteiger partial charge in [-0.3, -0.25) is 0 Å². The van der Waals surface area contributed by atoms with Crippen LogP contribution in [-0.4, -0.2) is 36.1 Å². The van der Waals surface area contributed by atoms with Gasteiger partial charge in [0, 0.05) is 37.8 Å². The Morgan fingerprint density at radius 3 is 2.05 bits per heavy atom. The summed E-state index contributed by atoms with van der Waals surface area (Å²) in [6.07, 6.45) is 5.03. The third kappa shape index (κ3) is 2.65. The molecule has 4 rings (SSSR count). The molecule has 0 spiro atoms. The first kappa shape index (κ1) is 13.6. The Morgan fingerprint density at radius 2 is 1.36 bits per heavy atom. The number of benzene rings is 1. The van der Waals surface area contributed by atoms with E-state index in [2.05, 4.69) is 40.1 Å². The van der Waals surface area contributed by atoms with E-state index in [9.17, 15) is 0 Å². The van der Waals surface area contributed by atoms with Gasteiger partial charge in [-0.2, -0.15) is 4.98 Å². The van der Waals surface area contributed by atoms with Crippen molar-refractivity contribution >= 4 is 11.8 Å². The van der Waals surface area contributed by atoms with Crippen molar-refractivity contribution in [1.82, 2.24) is 9.97 Å². The van der Waals surface area contributed by atoms with Crippen molar-refractivity contribution in [3.05, 3.63) is 36.4 Å². The smallest absolute Gasteiger partial charge is 0.227 e. The normalized spacial score (nSPS) is 18.2. The van der Waals surface area contributed by atoms with Crippen LogP contribution in [0.15, 0.2) is 36.4 Å². The Kier molecular flexibility index (Phi) is 3.67. The molecule has 0 unspecified atom stereocenters. The second-order valence-corrected chi connectivity index (χ2v) is 6.17. The highest BCUT2D eigenvalue weighted by molar-refractivity contribution is 5.65. The van der Waals surface area contributed by atoms with Crippen molar-refractivity contribution in [2.24, 2.45) is 0 Å². The Morgan fingerprint density at radius 1 is 0.727 bits per heavy atom. The summed E-state index contributed by atoms with van der Waals surface area (Å²) < 4.78 is 0. The molecule has 2 fully saturated rings. The van der Waals surface area contributed by atoms with Crippen molar-refractivity contribution in [2.75, 3.05) is 36.0 Å². The van der Waals surface area contributed by atoms with Crippen LogP contribution in [0.5, 0.6) is 0 Å². The lowest BCUT2D eigenvalue weighted by Crippen LogP contribution is -2.24. The predicted molar refractivity (Wildman–Crippen MR) is 90.4 cm³/mol. The topological polar surface area (TPSA) is 32.3 Å². The van der Waals surface area contributed by atoms with E-state index in [-0.39, 0.29) is 0 Å². The standard InChI is InChI=1S/C18H22N4/c1-2-8-15(9-3-1)16-14-17(21-10-4-5-11-21)20-18(19-16)22-12-6-7-13-22/h1-3,8-9,14H,4-7,10-13H2. The fourth-order valence-corrected chi connectivity index (χ4v) is 3.35. The molecule has 0 N–H and O–H groups in total. The zero-order valence-corrected chi connectivity index (χ0v) is 12.9. The van der Waals surface area contributed by atoms with Crippen LogP contribution in [0.3, 0.4) is 0 Å². The average Bonchev–Trinajstić information content (AvgIpc) is 3.29. The van der Waals surface area contributed by atoms with Crippen LogP contribution >= 0.6 is 0 Å². The summed E-state index contributed by atoms with van der Waals surface area (Å²) in [5, 5.41) is 0. The van der Waals surface area contributed by atoms with E-state index in [0.29, 0.717) is 0 Å². The zero-order valence-electron chi connectivity index (χ0n) is 12.9. The van der Waals surface area contributed by atoms with Crippen LogP contribution in [-0.2, 0) is 0 Å². The van der Waals surface area contributed by atoms with Gasteiger partial charge in [0.05, 0.1) is 5.69 Å². The highest BCUT2D eigenvalue weighted by atomic mass is 15.3. The van der Waals surface area contributed by atoms with E-state index in [0.717, 1.165) is 43.6 Å². The molecule has 4 heteroatoms. The maximum atomic E-state index is 4.86. The highest BCUT2D eigenvalue weighted by Crippen LogP contribution is 2.28. The minimum absolute atomic E-state index is 0.903.